The van der Waals surface area contributed by atoms with Crippen LogP contribution in [-0.2, 0) is 6.18 Å². The maximum absolute atomic E-state index is 12.6. The van der Waals surface area contributed by atoms with Crippen molar-refractivity contribution in [3.8, 4) is 5.95 Å². The normalized spacial score (nSPS) is 14.0. The lowest BCUT2D eigenvalue weighted by Crippen LogP contribution is -2.19. The Morgan fingerprint density at radius 1 is 0.933 bits per heavy atom. The number of nitrogens with one attached hydrogen (secondary N) is 2. The van der Waals surface area contributed by atoms with Crippen molar-refractivity contribution in [1.82, 2.24) is 19.7 Å². The van der Waals surface area contributed by atoms with Gasteiger partial charge in [0.15, 0.2) is 0 Å². The van der Waals surface area contributed by atoms with Gasteiger partial charge in [-0.15, -0.1) is 0 Å². The van der Waals surface area contributed by atoms with Gasteiger partial charge in [0.2, 0.25) is 0 Å². The van der Waals surface area contributed by atoms with Gasteiger partial charge in [-0.3, -0.25) is 0 Å². The SMILES string of the molecule is O=C(Nc1ccc(C(F)(F)F)cc1)Nc1cnn(-c2ncc(N3CCCC3)cn2)c1. The number of amides is 2. The van der Waals surface area contributed by atoms with Gasteiger partial charge in [-0.2, -0.15) is 18.3 Å². The molecule has 30 heavy (non-hydrogen) atoms. The quantitative estimate of drug-likeness (QED) is 0.672. The average molecular weight is 417 g/mol. The van der Waals surface area contributed by atoms with Gasteiger partial charge in [-0.1, -0.05) is 0 Å². The zero-order valence-corrected chi connectivity index (χ0v) is 15.7. The summed E-state index contributed by atoms with van der Waals surface area (Å²) in [5, 5.41) is 9.15. The van der Waals surface area contributed by atoms with Crippen LogP contribution in [-0.4, -0.2) is 38.9 Å². The Morgan fingerprint density at radius 3 is 2.20 bits per heavy atom. The van der Waals surface area contributed by atoms with E-state index in [2.05, 4.69) is 30.6 Å². The Morgan fingerprint density at radius 2 is 1.57 bits per heavy atom. The summed E-state index contributed by atoms with van der Waals surface area (Å²) < 4.78 is 39.2. The minimum absolute atomic E-state index is 0.230. The van der Waals surface area contributed by atoms with E-state index in [9.17, 15) is 18.0 Å². The number of benzene rings is 1. The zero-order chi connectivity index (χ0) is 21.1. The summed E-state index contributed by atoms with van der Waals surface area (Å²) in [4.78, 5) is 22.9. The van der Waals surface area contributed by atoms with E-state index in [1.165, 1.54) is 29.2 Å². The van der Waals surface area contributed by atoms with Gasteiger partial charge < -0.3 is 15.5 Å². The van der Waals surface area contributed by atoms with Crippen molar-refractivity contribution in [2.45, 2.75) is 19.0 Å². The number of hydrogen-bond donors (Lipinski definition) is 2. The lowest BCUT2D eigenvalue weighted by Gasteiger charge is -2.16. The Hall–Kier alpha value is -3.63. The molecular weight excluding hydrogens is 399 g/mol. The van der Waals surface area contributed by atoms with E-state index >= 15 is 0 Å². The molecule has 3 heterocycles. The van der Waals surface area contributed by atoms with Gasteiger partial charge in [0.1, 0.15) is 0 Å². The molecule has 0 saturated carbocycles. The van der Waals surface area contributed by atoms with Crippen LogP contribution in [0.5, 0.6) is 0 Å². The molecule has 2 aromatic heterocycles. The lowest BCUT2D eigenvalue weighted by molar-refractivity contribution is -0.137. The number of halogens is 3. The molecule has 8 nitrogen and oxygen atoms in total. The molecule has 0 atom stereocenters. The highest BCUT2D eigenvalue weighted by Gasteiger charge is 2.30. The molecule has 0 spiro atoms. The van der Waals surface area contributed by atoms with Gasteiger partial charge in [0.25, 0.3) is 5.95 Å². The van der Waals surface area contributed by atoms with Gasteiger partial charge in [0, 0.05) is 18.8 Å². The van der Waals surface area contributed by atoms with E-state index in [4.69, 9.17) is 0 Å². The average Bonchev–Trinajstić information content (AvgIpc) is 3.40. The summed E-state index contributed by atoms with van der Waals surface area (Å²) in [5.41, 5.74) is 0.781. The number of anilines is 3. The second-order valence-electron chi connectivity index (χ2n) is 6.76. The molecule has 1 aliphatic rings. The first-order valence-corrected chi connectivity index (χ1v) is 9.26. The first kappa shape index (κ1) is 19.7. The first-order valence-electron chi connectivity index (χ1n) is 9.26. The van der Waals surface area contributed by atoms with E-state index in [0.717, 1.165) is 43.8 Å². The van der Waals surface area contributed by atoms with Crippen LogP contribution >= 0.6 is 0 Å². The van der Waals surface area contributed by atoms with Crippen molar-refractivity contribution in [1.29, 1.82) is 0 Å². The fourth-order valence-corrected chi connectivity index (χ4v) is 3.10. The maximum atomic E-state index is 12.6. The second kappa shape index (κ2) is 8.01. The van der Waals surface area contributed by atoms with Crippen molar-refractivity contribution in [3.05, 3.63) is 54.6 Å². The van der Waals surface area contributed by atoms with Crippen LogP contribution in [0.4, 0.5) is 35.0 Å². The summed E-state index contributed by atoms with van der Waals surface area (Å²) in [6.07, 6.45) is 4.32. The number of carbonyl (C=O) groups is 1. The molecule has 0 radical (unpaired) electrons. The van der Waals surface area contributed by atoms with Crippen LogP contribution in [0, 0.1) is 0 Å². The predicted octanol–water partition coefficient (Wildman–Crippen LogP) is 3.93. The van der Waals surface area contributed by atoms with Crippen molar-refractivity contribution in [3.63, 3.8) is 0 Å². The van der Waals surface area contributed by atoms with E-state index in [1.54, 1.807) is 12.4 Å². The van der Waals surface area contributed by atoms with Crippen LogP contribution in [0.3, 0.4) is 0 Å². The van der Waals surface area contributed by atoms with Gasteiger partial charge in [-0.25, -0.2) is 19.4 Å². The van der Waals surface area contributed by atoms with Crippen molar-refractivity contribution in [2.24, 2.45) is 0 Å². The fourth-order valence-electron chi connectivity index (χ4n) is 3.10. The smallest absolute Gasteiger partial charge is 0.369 e. The molecule has 1 saturated heterocycles. The molecule has 1 aromatic carbocycles. The van der Waals surface area contributed by atoms with Crippen LogP contribution in [0.1, 0.15) is 18.4 Å². The standard InChI is InChI=1S/C19H18F3N7O/c20-19(21,22)13-3-5-14(6-4-13)26-18(30)27-15-9-25-29(12-15)17-23-10-16(11-24-17)28-7-1-2-8-28/h3-6,9-12H,1-2,7-8H2,(H2,26,27,30). The number of aromatic nitrogens is 4. The number of carbonyl (C=O) groups excluding carboxylic acids is 1. The number of urea groups is 1. The molecule has 1 fully saturated rings. The highest BCUT2D eigenvalue weighted by atomic mass is 19.4. The molecule has 0 bridgehead atoms. The van der Waals surface area contributed by atoms with Gasteiger partial charge in [0.05, 0.1) is 41.7 Å². The minimum Gasteiger partial charge on any atom is -0.369 e. The molecule has 0 unspecified atom stereocenters. The highest BCUT2D eigenvalue weighted by Crippen LogP contribution is 2.29. The van der Waals surface area contributed by atoms with Crippen LogP contribution in [0.25, 0.3) is 5.95 Å². The van der Waals surface area contributed by atoms with Crippen LogP contribution in [0.2, 0.25) is 0 Å². The molecule has 0 aliphatic carbocycles. The number of nitrogens with zero attached hydrogens (tertiary/aromatic N) is 5. The van der Waals surface area contributed by atoms with Crippen LogP contribution < -0.4 is 15.5 Å². The van der Waals surface area contributed by atoms with Crippen LogP contribution in [0.15, 0.2) is 49.1 Å². The molecule has 3 aromatic rings. The molecule has 156 valence electrons. The van der Waals surface area contributed by atoms with Gasteiger partial charge >= 0.3 is 12.2 Å². The number of alkyl halides is 3. The Labute approximate surface area is 169 Å². The van der Waals surface area contributed by atoms with E-state index in [-0.39, 0.29) is 5.69 Å². The zero-order valence-electron chi connectivity index (χ0n) is 15.7. The van der Waals surface area contributed by atoms with E-state index in [1.807, 2.05) is 0 Å². The Balaban J connectivity index is 1.36. The lowest BCUT2D eigenvalue weighted by atomic mass is 10.2. The monoisotopic (exact) mass is 417 g/mol. The number of rotatable bonds is 4. The van der Waals surface area contributed by atoms with E-state index < -0.39 is 17.8 Å². The Bertz CT molecular complexity index is 1010. The maximum Gasteiger partial charge on any atom is 0.416 e. The van der Waals surface area contributed by atoms with Gasteiger partial charge in [-0.05, 0) is 37.1 Å². The molecule has 2 amide bonds. The minimum atomic E-state index is -4.43. The van der Waals surface area contributed by atoms with Crippen molar-refractivity contribution in [2.75, 3.05) is 28.6 Å². The molecule has 2 N–H and O–H groups in total. The third-order valence-corrected chi connectivity index (χ3v) is 4.61. The third-order valence-electron chi connectivity index (χ3n) is 4.61. The number of hydrogen-bond acceptors (Lipinski definition) is 5. The van der Waals surface area contributed by atoms with E-state index in [0.29, 0.717) is 11.6 Å². The fraction of sp³-hybridized carbons (Fsp3) is 0.263. The largest absolute Gasteiger partial charge is 0.416 e. The summed E-state index contributed by atoms with van der Waals surface area (Å²) in [5.74, 6) is 0.356. The first-order chi connectivity index (χ1) is 14.4. The summed E-state index contributed by atoms with van der Waals surface area (Å²) >= 11 is 0. The highest BCUT2D eigenvalue weighted by molar-refractivity contribution is 5.99. The third kappa shape index (κ3) is 4.50. The summed E-state index contributed by atoms with van der Waals surface area (Å²) in [6, 6.07) is 3.55. The topological polar surface area (TPSA) is 88.0 Å². The second-order valence-corrected chi connectivity index (χ2v) is 6.76. The predicted molar refractivity (Wildman–Crippen MR) is 105 cm³/mol. The molecular formula is C19H18F3N7O. The molecule has 4 rings (SSSR count). The van der Waals surface area contributed by atoms with Crippen molar-refractivity contribution < 1.29 is 18.0 Å². The summed E-state index contributed by atoms with van der Waals surface area (Å²) in [6.45, 7) is 1.99. The van der Waals surface area contributed by atoms with Crippen molar-refractivity contribution >= 4 is 23.1 Å². The Kier molecular flexibility index (Phi) is 5.25. The molecule has 11 heteroatoms. The molecule has 1 aliphatic heterocycles. The summed E-state index contributed by atoms with van der Waals surface area (Å²) in [7, 11) is 0.